The predicted molar refractivity (Wildman–Crippen MR) is 113 cm³/mol. The molecule has 0 saturated carbocycles. The molecule has 1 aromatic carbocycles. The highest BCUT2D eigenvalue weighted by molar-refractivity contribution is 5.95. The molecule has 2 aliphatic rings. The highest BCUT2D eigenvalue weighted by Crippen LogP contribution is 2.34. The average molecular weight is 418 g/mol. The molecule has 0 aliphatic carbocycles. The first-order valence-electron chi connectivity index (χ1n) is 10.5. The Bertz CT molecular complexity index is 800. The number of hydrogen-bond acceptors (Lipinski definition) is 6. The lowest BCUT2D eigenvalue weighted by atomic mass is 9.94. The maximum Gasteiger partial charge on any atom is 0.338 e. The normalized spacial score (nSPS) is 20.1. The Morgan fingerprint density at radius 2 is 1.80 bits per heavy atom. The smallest absolute Gasteiger partial charge is 0.338 e. The molecular formula is C22H31N3O5. The van der Waals surface area contributed by atoms with Gasteiger partial charge in [-0.15, -0.1) is 0 Å². The van der Waals surface area contributed by atoms with Crippen molar-refractivity contribution in [2.24, 2.45) is 0 Å². The third kappa shape index (κ3) is 5.05. The molecule has 0 radical (unpaired) electrons. The zero-order valence-electron chi connectivity index (χ0n) is 18.0. The van der Waals surface area contributed by atoms with E-state index in [-0.39, 0.29) is 12.6 Å². The van der Waals surface area contributed by atoms with Gasteiger partial charge in [0.2, 0.25) is 0 Å². The molecule has 164 valence electrons. The monoisotopic (exact) mass is 417 g/mol. The molecule has 1 fully saturated rings. The number of benzene rings is 1. The van der Waals surface area contributed by atoms with Crippen molar-refractivity contribution in [2.45, 2.75) is 38.6 Å². The highest BCUT2D eigenvalue weighted by Gasteiger charge is 2.34. The van der Waals surface area contributed by atoms with Gasteiger partial charge in [-0.05, 0) is 50.6 Å². The molecule has 1 atom stereocenters. The zero-order chi connectivity index (χ0) is 21.5. The maximum absolute atomic E-state index is 12.9. The molecule has 1 saturated heterocycles. The van der Waals surface area contributed by atoms with E-state index in [0.29, 0.717) is 29.3 Å². The lowest BCUT2D eigenvalue weighted by Crippen LogP contribution is -2.48. The SMILES string of the molecule is CCOC(=O)C1=C(CN2CCCCCC2)NC(=O)N[C@H]1c1ccc(OC)c(OC)c1. The Hall–Kier alpha value is -2.74. The molecule has 0 aromatic heterocycles. The summed E-state index contributed by atoms with van der Waals surface area (Å²) in [4.78, 5) is 27.7. The standard InChI is InChI=1S/C22H31N3O5/c1-4-30-21(26)19-16(14-25-11-7-5-6-8-12-25)23-22(27)24-20(19)15-9-10-17(28-2)18(13-15)29-3/h9-10,13,20H,4-8,11-12,14H2,1-3H3,(H2,23,24,27)/t20-/m0/s1. The van der Waals surface area contributed by atoms with E-state index in [1.54, 1.807) is 33.3 Å². The minimum Gasteiger partial charge on any atom is -0.493 e. The first-order chi connectivity index (χ1) is 14.6. The Morgan fingerprint density at radius 3 is 2.43 bits per heavy atom. The van der Waals surface area contributed by atoms with Gasteiger partial charge in [0, 0.05) is 12.2 Å². The van der Waals surface area contributed by atoms with Gasteiger partial charge in [-0.25, -0.2) is 9.59 Å². The molecule has 0 spiro atoms. The summed E-state index contributed by atoms with van der Waals surface area (Å²) in [7, 11) is 3.11. The summed E-state index contributed by atoms with van der Waals surface area (Å²) in [5.74, 6) is 0.669. The van der Waals surface area contributed by atoms with Gasteiger partial charge in [-0.1, -0.05) is 18.9 Å². The third-order valence-electron chi connectivity index (χ3n) is 5.47. The summed E-state index contributed by atoms with van der Waals surface area (Å²) in [6.07, 6.45) is 4.66. The first kappa shape index (κ1) is 22.0. The van der Waals surface area contributed by atoms with Crippen LogP contribution in [0, 0.1) is 0 Å². The molecule has 1 aromatic rings. The molecule has 0 unspecified atom stereocenters. The fourth-order valence-corrected chi connectivity index (χ4v) is 3.99. The van der Waals surface area contributed by atoms with E-state index >= 15 is 0 Å². The van der Waals surface area contributed by atoms with Crippen LogP contribution in [0.2, 0.25) is 0 Å². The van der Waals surface area contributed by atoms with E-state index in [1.807, 2.05) is 6.07 Å². The quantitative estimate of drug-likeness (QED) is 0.663. The number of esters is 1. The largest absolute Gasteiger partial charge is 0.493 e. The van der Waals surface area contributed by atoms with Crippen LogP contribution in [0.4, 0.5) is 4.79 Å². The lowest BCUT2D eigenvalue weighted by Gasteiger charge is -2.32. The molecule has 30 heavy (non-hydrogen) atoms. The van der Waals surface area contributed by atoms with Crippen molar-refractivity contribution in [1.29, 1.82) is 0 Å². The summed E-state index contributed by atoms with van der Waals surface area (Å²) in [5.41, 5.74) is 1.74. The van der Waals surface area contributed by atoms with Crippen molar-refractivity contribution < 1.29 is 23.8 Å². The molecule has 3 rings (SSSR count). The van der Waals surface area contributed by atoms with Crippen LogP contribution < -0.4 is 20.1 Å². The number of hydrogen-bond donors (Lipinski definition) is 2. The number of urea groups is 1. The van der Waals surface area contributed by atoms with Crippen molar-refractivity contribution in [2.75, 3.05) is 40.5 Å². The van der Waals surface area contributed by atoms with Gasteiger partial charge in [-0.2, -0.15) is 0 Å². The molecule has 2 aliphatic heterocycles. The Kier molecular flexibility index (Phi) is 7.57. The van der Waals surface area contributed by atoms with Crippen LogP contribution >= 0.6 is 0 Å². The van der Waals surface area contributed by atoms with Crippen LogP contribution in [-0.4, -0.2) is 57.4 Å². The van der Waals surface area contributed by atoms with Crippen molar-refractivity contribution in [1.82, 2.24) is 15.5 Å². The van der Waals surface area contributed by atoms with Crippen molar-refractivity contribution in [3.63, 3.8) is 0 Å². The Labute approximate surface area is 177 Å². The molecule has 2 N–H and O–H groups in total. The molecule has 0 bridgehead atoms. The van der Waals surface area contributed by atoms with E-state index in [2.05, 4.69) is 15.5 Å². The van der Waals surface area contributed by atoms with Gasteiger partial charge >= 0.3 is 12.0 Å². The summed E-state index contributed by atoms with van der Waals surface area (Å²) < 4.78 is 16.1. The number of likely N-dealkylation sites (tertiary alicyclic amines) is 1. The number of rotatable bonds is 7. The minimum atomic E-state index is -0.639. The van der Waals surface area contributed by atoms with E-state index in [4.69, 9.17) is 14.2 Å². The van der Waals surface area contributed by atoms with E-state index in [0.717, 1.165) is 31.5 Å². The van der Waals surface area contributed by atoms with Gasteiger partial charge in [-0.3, -0.25) is 4.90 Å². The van der Waals surface area contributed by atoms with Crippen molar-refractivity contribution in [3.05, 3.63) is 35.0 Å². The number of nitrogens with one attached hydrogen (secondary N) is 2. The summed E-state index contributed by atoms with van der Waals surface area (Å²) in [5, 5.41) is 5.72. The van der Waals surface area contributed by atoms with Crippen molar-refractivity contribution in [3.8, 4) is 11.5 Å². The molecule has 8 nitrogen and oxygen atoms in total. The number of amides is 2. The fourth-order valence-electron chi connectivity index (χ4n) is 3.99. The second-order valence-corrected chi connectivity index (χ2v) is 7.45. The van der Waals surface area contributed by atoms with Crippen LogP contribution in [0.25, 0.3) is 0 Å². The summed E-state index contributed by atoms with van der Waals surface area (Å²) >= 11 is 0. The van der Waals surface area contributed by atoms with Gasteiger partial charge in [0.15, 0.2) is 11.5 Å². The molecule has 2 heterocycles. The number of methoxy groups -OCH3 is 2. The van der Waals surface area contributed by atoms with Crippen LogP contribution in [0.1, 0.15) is 44.2 Å². The number of ether oxygens (including phenoxy) is 3. The molecular weight excluding hydrogens is 386 g/mol. The van der Waals surface area contributed by atoms with E-state index < -0.39 is 12.0 Å². The Morgan fingerprint density at radius 1 is 1.10 bits per heavy atom. The number of carbonyl (C=O) groups is 2. The van der Waals surface area contributed by atoms with E-state index in [1.165, 1.54) is 12.8 Å². The summed E-state index contributed by atoms with van der Waals surface area (Å²) in [6.45, 7) is 4.43. The number of carbonyl (C=O) groups excluding carboxylic acids is 2. The maximum atomic E-state index is 12.9. The fraction of sp³-hybridized carbons (Fsp3) is 0.545. The van der Waals surface area contributed by atoms with Gasteiger partial charge in [0.1, 0.15) is 0 Å². The minimum absolute atomic E-state index is 0.256. The predicted octanol–water partition coefficient (Wildman–Crippen LogP) is 2.75. The lowest BCUT2D eigenvalue weighted by molar-refractivity contribution is -0.139. The van der Waals surface area contributed by atoms with Crippen LogP contribution in [0.3, 0.4) is 0 Å². The molecule has 2 amide bonds. The Balaban J connectivity index is 2.00. The average Bonchev–Trinajstić information content (AvgIpc) is 3.01. The summed E-state index contributed by atoms with van der Waals surface area (Å²) in [6, 6.07) is 4.38. The van der Waals surface area contributed by atoms with Crippen LogP contribution in [0.5, 0.6) is 11.5 Å². The van der Waals surface area contributed by atoms with Crippen LogP contribution in [0.15, 0.2) is 29.5 Å². The second kappa shape index (κ2) is 10.3. The highest BCUT2D eigenvalue weighted by atomic mass is 16.5. The first-order valence-corrected chi connectivity index (χ1v) is 10.5. The van der Waals surface area contributed by atoms with Gasteiger partial charge < -0.3 is 24.8 Å². The zero-order valence-corrected chi connectivity index (χ0v) is 18.0. The third-order valence-corrected chi connectivity index (χ3v) is 5.47. The topological polar surface area (TPSA) is 89.1 Å². The second-order valence-electron chi connectivity index (χ2n) is 7.45. The van der Waals surface area contributed by atoms with Crippen LogP contribution in [-0.2, 0) is 9.53 Å². The van der Waals surface area contributed by atoms with Gasteiger partial charge in [0.05, 0.1) is 32.4 Å². The van der Waals surface area contributed by atoms with Crippen molar-refractivity contribution >= 4 is 12.0 Å². The van der Waals surface area contributed by atoms with Gasteiger partial charge in [0.25, 0.3) is 0 Å². The molecule has 8 heteroatoms. The number of nitrogens with zero attached hydrogens (tertiary/aromatic N) is 1. The van der Waals surface area contributed by atoms with E-state index in [9.17, 15) is 9.59 Å².